The van der Waals surface area contributed by atoms with Gasteiger partial charge in [-0.1, -0.05) is 30.3 Å². The average molecular weight is 408 g/mol. The Kier molecular flexibility index (Phi) is 8.19. The summed E-state index contributed by atoms with van der Waals surface area (Å²) in [6, 6.07) is 10.1. The Balaban J connectivity index is 1.91. The van der Waals surface area contributed by atoms with E-state index in [4.69, 9.17) is 4.74 Å². The van der Waals surface area contributed by atoms with E-state index in [1.165, 1.54) is 5.56 Å². The molecule has 1 aliphatic heterocycles. The van der Waals surface area contributed by atoms with Gasteiger partial charge in [0, 0.05) is 31.9 Å². The van der Waals surface area contributed by atoms with Gasteiger partial charge in [-0.2, -0.15) is 0 Å². The highest BCUT2D eigenvalue weighted by Gasteiger charge is 2.32. The zero-order chi connectivity index (χ0) is 20.7. The number of piperazine rings is 1. The number of thioether (sulfide) groups is 1. The molecule has 28 heavy (non-hydrogen) atoms. The number of benzene rings is 1. The van der Waals surface area contributed by atoms with Crippen LogP contribution >= 0.6 is 11.8 Å². The number of nitrogens with one attached hydrogen (secondary N) is 1. The lowest BCUT2D eigenvalue weighted by Crippen LogP contribution is -2.59. The van der Waals surface area contributed by atoms with Crippen LogP contribution < -0.4 is 5.32 Å². The van der Waals surface area contributed by atoms with Crippen molar-refractivity contribution in [3.8, 4) is 0 Å². The van der Waals surface area contributed by atoms with Crippen LogP contribution in [0.5, 0.6) is 0 Å². The first kappa shape index (κ1) is 22.6. The molecular weight excluding hydrogens is 374 g/mol. The molecule has 2 atom stereocenters. The summed E-state index contributed by atoms with van der Waals surface area (Å²) in [5.74, 6) is 0.937. The Labute approximate surface area is 173 Å². The Morgan fingerprint density at radius 2 is 1.93 bits per heavy atom. The summed E-state index contributed by atoms with van der Waals surface area (Å²) < 4.78 is 5.32. The molecule has 1 aliphatic rings. The molecule has 2 rings (SSSR count). The first-order valence-electron chi connectivity index (χ1n) is 9.77. The Morgan fingerprint density at radius 3 is 2.57 bits per heavy atom. The predicted molar refractivity (Wildman–Crippen MR) is 114 cm³/mol. The lowest BCUT2D eigenvalue weighted by molar-refractivity contribution is -0.134. The quantitative estimate of drug-likeness (QED) is 0.786. The van der Waals surface area contributed by atoms with Crippen LogP contribution in [0.4, 0.5) is 4.79 Å². The molecule has 6 nitrogen and oxygen atoms in total. The van der Waals surface area contributed by atoms with E-state index in [0.29, 0.717) is 13.1 Å². The van der Waals surface area contributed by atoms with Crippen molar-refractivity contribution in [1.82, 2.24) is 15.1 Å². The van der Waals surface area contributed by atoms with Gasteiger partial charge in [-0.3, -0.25) is 4.79 Å². The molecule has 0 bridgehead atoms. The molecule has 156 valence electrons. The minimum absolute atomic E-state index is 0.0569. The summed E-state index contributed by atoms with van der Waals surface area (Å²) in [4.78, 5) is 29.2. The molecule has 0 aromatic heterocycles. The zero-order valence-corrected chi connectivity index (χ0v) is 18.4. The molecule has 2 amide bonds. The third-order valence-electron chi connectivity index (χ3n) is 4.54. The third-order valence-corrected chi connectivity index (χ3v) is 5.74. The van der Waals surface area contributed by atoms with Crippen LogP contribution in [-0.4, -0.2) is 71.9 Å². The van der Waals surface area contributed by atoms with Crippen molar-refractivity contribution >= 4 is 23.8 Å². The molecule has 0 radical (unpaired) electrons. The van der Waals surface area contributed by atoms with E-state index in [2.05, 4.69) is 22.3 Å². The highest BCUT2D eigenvalue weighted by Crippen LogP contribution is 2.21. The van der Waals surface area contributed by atoms with Crippen LogP contribution in [-0.2, 0) is 15.3 Å². The third kappa shape index (κ3) is 7.36. The molecule has 0 unspecified atom stereocenters. The minimum atomic E-state index is -0.536. The number of likely N-dealkylation sites (N-methyl/N-ethyl adjacent to an activating group) is 1. The minimum Gasteiger partial charge on any atom is -0.444 e. The second-order valence-corrected chi connectivity index (χ2v) is 9.60. The molecule has 1 aromatic rings. The van der Waals surface area contributed by atoms with Crippen LogP contribution in [0.1, 0.15) is 33.3 Å². The van der Waals surface area contributed by atoms with Crippen LogP contribution in [0.25, 0.3) is 0 Å². The topological polar surface area (TPSA) is 61.9 Å². The van der Waals surface area contributed by atoms with E-state index in [1.54, 1.807) is 11.8 Å². The summed E-state index contributed by atoms with van der Waals surface area (Å²) in [6.45, 7) is 10.1. The van der Waals surface area contributed by atoms with Gasteiger partial charge in [0.15, 0.2) is 0 Å². The van der Waals surface area contributed by atoms with Crippen molar-refractivity contribution in [1.29, 1.82) is 0 Å². The SMILES string of the molecule is C[C@H](SCc1ccccc1)C(=O)N1CCN(C)C[C@H]1CNC(=O)OC(C)(C)C. The smallest absolute Gasteiger partial charge is 0.407 e. The van der Waals surface area contributed by atoms with Crippen molar-refractivity contribution in [2.45, 2.75) is 50.3 Å². The van der Waals surface area contributed by atoms with Gasteiger partial charge >= 0.3 is 6.09 Å². The number of alkyl carbamates (subject to hydrolysis) is 1. The normalized spacial score (nSPS) is 19.2. The lowest BCUT2D eigenvalue weighted by Gasteiger charge is -2.41. The highest BCUT2D eigenvalue weighted by atomic mass is 32.2. The maximum absolute atomic E-state index is 13.1. The van der Waals surface area contributed by atoms with E-state index >= 15 is 0 Å². The van der Waals surface area contributed by atoms with E-state index in [9.17, 15) is 9.59 Å². The van der Waals surface area contributed by atoms with E-state index in [0.717, 1.165) is 18.8 Å². The summed E-state index contributed by atoms with van der Waals surface area (Å²) in [7, 11) is 2.04. The molecule has 1 heterocycles. The van der Waals surface area contributed by atoms with Gasteiger partial charge in [-0.05, 0) is 40.3 Å². The fourth-order valence-corrected chi connectivity index (χ4v) is 4.00. The molecule has 1 aromatic carbocycles. The molecular formula is C21H33N3O3S. The monoisotopic (exact) mass is 407 g/mol. The first-order chi connectivity index (χ1) is 13.2. The Morgan fingerprint density at radius 1 is 1.25 bits per heavy atom. The Hall–Kier alpha value is -1.73. The van der Waals surface area contributed by atoms with Gasteiger partial charge in [0.1, 0.15) is 5.60 Å². The standard InChI is InChI=1S/C21H33N3O3S/c1-16(28-15-17-9-7-6-8-10-17)19(25)24-12-11-23(5)14-18(24)13-22-20(26)27-21(2,3)4/h6-10,16,18H,11-15H2,1-5H3,(H,22,26)/t16-,18+/m0/s1. The molecule has 0 saturated carbocycles. The zero-order valence-electron chi connectivity index (χ0n) is 17.6. The average Bonchev–Trinajstić information content (AvgIpc) is 2.63. The van der Waals surface area contributed by atoms with Crippen LogP contribution in [0, 0.1) is 0 Å². The van der Waals surface area contributed by atoms with Crippen LogP contribution in [0.15, 0.2) is 30.3 Å². The molecule has 1 saturated heterocycles. The maximum Gasteiger partial charge on any atom is 0.407 e. The fraction of sp³-hybridized carbons (Fsp3) is 0.619. The van der Waals surface area contributed by atoms with E-state index in [-0.39, 0.29) is 17.2 Å². The first-order valence-corrected chi connectivity index (χ1v) is 10.8. The van der Waals surface area contributed by atoms with Gasteiger partial charge in [0.25, 0.3) is 0 Å². The van der Waals surface area contributed by atoms with Crippen LogP contribution in [0.3, 0.4) is 0 Å². The molecule has 0 aliphatic carbocycles. The maximum atomic E-state index is 13.1. The van der Waals surface area contributed by atoms with Crippen molar-refractivity contribution in [3.05, 3.63) is 35.9 Å². The Bertz CT molecular complexity index is 648. The lowest BCUT2D eigenvalue weighted by atomic mass is 10.1. The molecule has 1 N–H and O–H groups in total. The van der Waals surface area contributed by atoms with E-state index < -0.39 is 11.7 Å². The number of hydrogen-bond acceptors (Lipinski definition) is 5. The van der Waals surface area contributed by atoms with Gasteiger partial charge in [-0.15, -0.1) is 11.8 Å². The number of rotatable bonds is 6. The summed E-state index contributed by atoms with van der Waals surface area (Å²) >= 11 is 1.65. The van der Waals surface area contributed by atoms with Gasteiger partial charge in [0.05, 0.1) is 11.3 Å². The van der Waals surface area contributed by atoms with Gasteiger partial charge < -0.3 is 19.9 Å². The molecule has 0 spiro atoms. The predicted octanol–water partition coefficient (Wildman–Crippen LogP) is 2.98. The summed E-state index contributed by atoms with van der Waals surface area (Å²) in [6.07, 6.45) is -0.445. The van der Waals surface area contributed by atoms with Gasteiger partial charge in [0.2, 0.25) is 5.91 Å². The number of carbonyl (C=O) groups is 2. The number of hydrogen-bond donors (Lipinski definition) is 1. The number of ether oxygens (including phenoxy) is 1. The molecule has 7 heteroatoms. The summed E-state index contributed by atoms with van der Waals surface area (Å²) in [5.41, 5.74) is 0.680. The number of amides is 2. The van der Waals surface area contributed by atoms with Crippen molar-refractivity contribution < 1.29 is 14.3 Å². The summed E-state index contributed by atoms with van der Waals surface area (Å²) in [5, 5.41) is 2.69. The van der Waals surface area contributed by atoms with Crippen molar-refractivity contribution in [2.75, 3.05) is 33.2 Å². The van der Waals surface area contributed by atoms with Crippen molar-refractivity contribution in [3.63, 3.8) is 0 Å². The van der Waals surface area contributed by atoms with Crippen molar-refractivity contribution in [2.24, 2.45) is 0 Å². The second kappa shape index (κ2) is 10.2. The largest absolute Gasteiger partial charge is 0.444 e. The molecule has 1 fully saturated rings. The van der Waals surface area contributed by atoms with Crippen LogP contribution in [0.2, 0.25) is 0 Å². The highest BCUT2D eigenvalue weighted by molar-refractivity contribution is 7.99. The van der Waals surface area contributed by atoms with Gasteiger partial charge in [-0.25, -0.2) is 4.79 Å². The number of nitrogens with zero attached hydrogens (tertiary/aromatic N) is 2. The van der Waals surface area contributed by atoms with E-state index in [1.807, 2.05) is 57.8 Å². The fourth-order valence-electron chi connectivity index (χ4n) is 3.09. The number of carbonyl (C=O) groups excluding carboxylic acids is 2. The second-order valence-electron chi connectivity index (χ2n) is 8.27.